The van der Waals surface area contributed by atoms with Gasteiger partial charge >= 0.3 is 0 Å². The van der Waals surface area contributed by atoms with E-state index in [0.717, 1.165) is 53.4 Å². The van der Waals surface area contributed by atoms with Crippen LogP contribution in [0.2, 0.25) is 0 Å². The van der Waals surface area contributed by atoms with E-state index in [1.165, 1.54) is 23.7 Å². The van der Waals surface area contributed by atoms with E-state index in [4.69, 9.17) is 9.72 Å². The highest BCUT2D eigenvalue weighted by atomic mass is 79.9. The number of anilines is 1. The zero-order chi connectivity index (χ0) is 27.7. The number of nitrogens with one attached hydrogen (secondary N) is 1. The number of nitrogens with zero attached hydrogens (tertiary/aromatic N) is 2. The lowest BCUT2D eigenvalue weighted by atomic mass is 9.62. The van der Waals surface area contributed by atoms with Gasteiger partial charge in [-0.25, -0.2) is 4.98 Å². The Kier molecular flexibility index (Phi) is 7.55. The van der Waals surface area contributed by atoms with Crippen LogP contribution in [-0.2, 0) is 16.6 Å². The Balaban J connectivity index is 1.46. The number of ether oxygens (including phenoxy) is 1. The molecule has 1 saturated carbocycles. The fourth-order valence-electron chi connectivity index (χ4n) is 6.10. The second-order valence-electron chi connectivity index (χ2n) is 10.5. The summed E-state index contributed by atoms with van der Waals surface area (Å²) in [7, 11) is 1.62. The molecule has 204 valence electrons. The third-order valence-corrected chi connectivity index (χ3v) is 9.45. The molecule has 0 saturated heterocycles. The van der Waals surface area contributed by atoms with Gasteiger partial charge in [0.25, 0.3) is 5.56 Å². The van der Waals surface area contributed by atoms with Gasteiger partial charge in [-0.2, -0.15) is 0 Å². The summed E-state index contributed by atoms with van der Waals surface area (Å²) in [4.78, 5) is 32.7. The molecular weight excluding hydrogens is 586 g/mol. The first-order valence-electron chi connectivity index (χ1n) is 13.6. The van der Waals surface area contributed by atoms with Crippen LogP contribution in [0, 0.1) is 0 Å². The average Bonchev–Trinajstić information content (AvgIpc) is 2.98. The Morgan fingerprint density at radius 3 is 2.48 bits per heavy atom. The average molecular weight is 617 g/mol. The second kappa shape index (κ2) is 11.3. The molecule has 0 atom stereocenters. The summed E-state index contributed by atoms with van der Waals surface area (Å²) in [5.41, 5.74) is 5.03. The Bertz CT molecular complexity index is 1610. The fraction of sp³-hybridized carbons (Fsp3) is 0.281. The summed E-state index contributed by atoms with van der Waals surface area (Å²) in [5, 5.41) is 3.44. The standard InChI is InChI=1S/C32H30BrN3O3S/c1-39-25-15-13-24(14-16-25)36-30(38)28-29(26-8-4-3-7-21(26)19-32(28)17-5-2-6-18-32)35-31(36)40-20-27(37)34-23-11-9-22(33)10-12-23/h3-4,7-16H,2,5-6,17-20H2,1H3,(H,34,37). The maximum atomic E-state index is 14.6. The van der Waals surface area contributed by atoms with Crippen LogP contribution in [0.4, 0.5) is 5.69 Å². The molecule has 3 aromatic carbocycles. The fourth-order valence-corrected chi connectivity index (χ4v) is 7.17. The lowest BCUT2D eigenvalue weighted by Gasteiger charge is -2.42. The van der Waals surface area contributed by atoms with E-state index in [-0.39, 0.29) is 22.6 Å². The van der Waals surface area contributed by atoms with Gasteiger partial charge in [0.1, 0.15) is 5.75 Å². The van der Waals surface area contributed by atoms with Crippen molar-refractivity contribution in [3.63, 3.8) is 0 Å². The van der Waals surface area contributed by atoms with Gasteiger partial charge in [-0.15, -0.1) is 0 Å². The third kappa shape index (κ3) is 5.10. The number of benzene rings is 3. The Hall–Kier alpha value is -3.36. The van der Waals surface area contributed by atoms with Crippen molar-refractivity contribution in [2.24, 2.45) is 0 Å². The summed E-state index contributed by atoms with van der Waals surface area (Å²) in [6.45, 7) is 0. The van der Waals surface area contributed by atoms with E-state index < -0.39 is 0 Å². The molecule has 1 N–H and O–H groups in total. The molecule has 1 fully saturated rings. The molecule has 0 aliphatic heterocycles. The predicted molar refractivity (Wildman–Crippen MR) is 164 cm³/mol. The van der Waals surface area contributed by atoms with Crippen molar-refractivity contribution in [3.05, 3.63) is 98.7 Å². The highest BCUT2D eigenvalue weighted by Crippen LogP contribution is 2.49. The molecule has 1 spiro atoms. The van der Waals surface area contributed by atoms with E-state index in [0.29, 0.717) is 22.3 Å². The van der Waals surface area contributed by atoms with E-state index in [9.17, 15) is 9.59 Å². The molecule has 1 aromatic heterocycles. The van der Waals surface area contributed by atoms with Gasteiger partial charge in [-0.1, -0.05) is 71.2 Å². The molecule has 40 heavy (non-hydrogen) atoms. The maximum absolute atomic E-state index is 14.6. The summed E-state index contributed by atoms with van der Waals surface area (Å²) in [5.74, 6) is 0.665. The van der Waals surface area contributed by atoms with E-state index in [2.05, 4.69) is 39.4 Å². The van der Waals surface area contributed by atoms with Crippen molar-refractivity contribution < 1.29 is 9.53 Å². The van der Waals surface area contributed by atoms with Crippen molar-refractivity contribution in [1.29, 1.82) is 0 Å². The molecular formula is C32H30BrN3O3S. The van der Waals surface area contributed by atoms with Crippen LogP contribution in [0.15, 0.2) is 87.2 Å². The summed E-state index contributed by atoms with van der Waals surface area (Å²) >= 11 is 4.70. The highest BCUT2D eigenvalue weighted by Gasteiger charge is 2.43. The van der Waals surface area contributed by atoms with Crippen LogP contribution in [0.25, 0.3) is 16.9 Å². The van der Waals surface area contributed by atoms with Crippen LogP contribution >= 0.6 is 27.7 Å². The molecule has 4 aromatic rings. The minimum atomic E-state index is -0.220. The third-order valence-electron chi connectivity index (χ3n) is 7.99. The SMILES string of the molecule is COc1ccc(-n2c(SCC(=O)Nc3ccc(Br)cc3)nc3c(c2=O)C2(CCCCC2)Cc2ccccc2-3)cc1. The summed E-state index contributed by atoms with van der Waals surface area (Å²) < 4.78 is 8.00. The summed E-state index contributed by atoms with van der Waals surface area (Å²) in [6, 6.07) is 23.2. The molecule has 6 nitrogen and oxygen atoms in total. The number of hydrogen-bond donors (Lipinski definition) is 1. The van der Waals surface area contributed by atoms with Crippen LogP contribution in [0.1, 0.15) is 43.2 Å². The molecule has 0 radical (unpaired) electrons. The van der Waals surface area contributed by atoms with Gasteiger partial charge in [0.2, 0.25) is 5.91 Å². The topological polar surface area (TPSA) is 73.2 Å². The smallest absolute Gasteiger partial charge is 0.263 e. The van der Waals surface area contributed by atoms with Gasteiger partial charge in [0.15, 0.2) is 5.16 Å². The van der Waals surface area contributed by atoms with Crippen LogP contribution in [-0.4, -0.2) is 28.3 Å². The molecule has 1 amide bonds. The van der Waals surface area contributed by atoms with Gasteiger partial charge in [0, 0.05) is 21.1 Å². The van der Waals surface area contributed by atoms with Crippen molar-refractivity contribution >= 4 is 39.3 Å². The number of carbonyl (C=O) groups excluding carboxylic acids is 1. The van der Waals surface area contributed by atoms with Crippen LogP contribution in [0.3, 0.4) is 0 Å². The number of aromatic nitrogens is 2. The minimum Gasteiger partial charge on any atom is -0.497 e. The number of methoxy groups -OCH3 is 1. The lowest BCUT2D eigenvalue weighted by molar-refractivity contribution is -0.113. The van der Waals surface area contributed by atoms with E-state index in [1.54, 1.807) is 11.7 Å². The van der Waals surface area contributed by atoms with Gasteiger partial charge in [-0.3, -0.25) is 14.2 Å². The number of halogens is 1. The monoisotopic (exact) mass is 615 g/mol. The van der Waals surface area contributed by atoms with E-state index in [1.807, 2.05) is 54.6 Å². The lowest BCUT2D eigenvalue weighted by Crippen LogP contribution is -2.43. The van der Waals surface area contributed by atoms with Crippen LogP contribution in [0.5, 0.6) is 5.75 Å². The van der Waals surface area contributed by atoms with Gasteiger partial charge < -0.3 is 10.1 Å². The maximum Gasteiger partial charge on any atom is 0.263 e. The number of fused-ring (bicyclic) bond motifs is 4. The largest absolute Gasteiger partial charge is 0.497 e. The molecule has 0 bridgehead atoms. The molecule has 6 rings (SSSR count). The highest BCUT2D eigenvalue weighted by molar-refractivity contribution is 9.10. The van der Waals surface area contributed by atoms with Crippen molar-refractivity contribution in [3.8, 4) is 22.7 Å². The van der Waals surface area contributed by atoms with Crippen molar-refractivity contribution in [1.82, 2.24) is 9.55 Å². The first-order valence-corrected chi connectivity index (χ1v) is 15.3. The molecule has 2 aliphatic carbocycles. The Labute approximate surface area is 246 Å². The Morgan fingerprint density at radius 2 is 1.75 bits per heavy atom. The molecule has 0 unspecified atom stereocenters. The molecule has 2 aliphatic rings. The number of rotatable bonds is 6. The van der Waals surface area contributed by atoms with Crippen molar-refractivity contribution in [2.75, 3.05) is 18.2 Å². The second-order valence-corrected chi connectivity index (χ2v) is 12.3. The first-order chi connectivity index (χ1) is 19.5. The zero-order valence-electron chi connectivity index (χ0n) is 22.3. The number of thioether (sulfide) groups is 1. The molecule has 1 heterocycles. The quantitative estimate of drug-likeness (QED) is 0.184. The van der Waals surface area contributed by atoms with Crippen LogP contribution < -0.4 is 15.6 Å². The number of carbonyl (C=O) groups is 1. The molecule has 8 heteroatoms. The van der Waals surface area contributed by atoms with Gasteiger partial charge in [0.05, 0.1) is 29.8 Å². The first kappa shape index (κ1) is 26.8. The van der Waals surface area contributed by atoms with Gasteiger partial charge in [-0.05, 0) is 73.4 Å². The number of amides is 1. The number of hydrogen-bond acceptors (Lipinski definition) is 5. The summed E-state index contributed by atoms with van der Waals surface area (Å²) in [6.07, 6.45) is 6.23. The normalized spacial score (nSPS) is 15.2. The predicted octanol–water partition coefficient (Wildman–Crippen LogP) is 7.16. The Morgan fingerprint density at radius 1 is 1.02 bits per heavy atom. The van der Waals surface area contributed by atoms with E-state index >= 15 is 0 Å². The zero-order valence-corrected chi connectivity index (χ0v) is 24.7. The van der Waals surface area contributed by atoms with Crippen molar-refractivity contribution in [2.45, 2.75) is 49.1 Å². The minimum absolute atomic E-state index is 0.0395.